The number of hydrogen-bond acceptors (Lipinski definition) is 4. The van der Waals surface area contributed by atoms with E-state index in [1.54, 1.807) is 42.5 Å². The number of methoxy groups -OCH3 is 1. The predicted octanol–water partition coefficient (Wildman–Crippen LogP) is 5.33. The van der Waals surface area contributed by atoms with Gasteiger partial charge in [-0.2, -0.15) is 0 Å². The van der Waals surface area contributed by atoms with Crippen LogP contribution in [0.25, 0.3) is 0 Å². The molecule has 0 saturated carbocycles. The number of amides is 1. The molecular weight excluding hydrogens is 409 g/mol. The van der Waals surface area contributed by atoms with Crippen molar-refractivity contribution in [1.82, 2.24) is 0 Å². The molecule has 0 spiro atoms. The van der Waals surface area contributed by atoms with Gasteiger partial charge in [0.1, 0.15) is 11.6 Å². The first-order valence-electron chi connectivity index (χ1n) is 9.05. The number of benzene rings is 3. The van der Waals surface area contributed by atoms with Crippen molar-refractivity contribution >= 4 is 29.2 Å². The first-order valence-corrected chi connectivity index (χ1v) is 9.43. The molecule has 0 unspecified atom stereocenters. The van der Waals surface area contributed by atoms with Crippen molar-refractivity contribution in [2.75, 3.05) is 12.4 Å². The quantitative estimate of drug-likeness (QED) is 0.540. The normalized spacial score (nSPS) is 11.5. The highest BCUT2D eigenvalue weighted by atomic mass is 35.5. The number of rotatable bonds is 6. The van der Waals surface area contributed by atoms with Crippen LogP contribution in [0.4, 0.5) is 10.1 Å². The minimum Gasteiger partial charge on any atom is -0.495 e. The van der Waals surface area contributed by atoms with E-state index in [2.05, 4.69) is 5.32 Å². The Kier molecular flexibility index (Phi) is 6.69. The molecule has 7 heteroatoms. The number of carbonyl (C=O) groups excluding carboxylic acids is 2. The second kappa shape index (κ2) is 9.41. The van der Waals surface area contributed by atoms with Gasteiger partial charge in [-0.15, -0.1) is 0 Å². The fourth-order valence-electron chi connectivity index (χ4n) is 2.84. The van der Waals surface area contributed by atoms with Crippen LogP contribution >= 0.6 is 11.6 Å². The molecule has 5 nitrogen and oxygen atoms in total. The maximum absolute atomic E-state index is 13.3. The molecule has 3 aromatic rings. The summed E-state index contributed by atoms with van der Waals surface area (Å²) in [5.41, 5.74) is 1.78. The number of halogens is 2. The van der Waals surface area contributed by atoms with Gasteiger partial charge in [0.15, 0.2) is 0 Å². The Hall–Kier alpha value is -3.38. The summed E-state index contributed by atoms with van der Waals surface area (Å²) in [6, 6.07) is 17.2. The van der Waals surface area contributed by atoms with Gasteiger partial charge in [-0.25, -0.2) is 9.18 Å². The van der Waals surface area contributed by atoms with E-state index in [4.69, 9.17) is 21.1 Å². The molecule has 0 aliphatic carbocycles. The Morgan fingerprint density at radius 1 is 1.03 bits per heavy atom. The van der Waals surface area contributed by atoms with Crippen LogP contribution in [-0.4, -0.2) is 19.0 Å². The van der Waals surface area contributed by atoms with Crippen LogP contribution in [0.5, 0.6) is 5.75 Å². The predicted molar refractivity (Wildman–Crippen MR) is 112 cm³/mol. The molecule has 3 aromatic carbocycles. The lowest BCUT2D eigenvalue weighted by Gasteiger charge is -2.19. The van der Waals surface area contributed by atoms with E-state index in [1.165, 1.54) is 13.2 Å². The molecule has 1 amide bonds. The van der Waals surface area contributed by atoms with Crippen LogP contribution in [0.15, 0.2) is 66.7 Å². The molecule has 3 rings (SSSR count). The summed E-state index contributed by atoms with van der Waals surface area (Å²) in [6.07, 6.45) is -1.26. The van der Waals surface area contributed by atoms with Gasteiger partial charge in [-0.3, -0.25) is 4.79 Å². The molecule has 0 aromatic heterocycles. The maximum Gasteiger partial charge on any atom is 0.340 e. The second-order valence-electron chi connectivity index (χ2n) is 6.51. The molecule has 1 atom stereocenters. The third kappa shape index (κ3) is 4.96. The monoisotopic (exact) mass is 427 g/mol. The summed E-state index contributed by atoms with van der Waals surface area (Å²) in [4.78, 5) is 25.7. The SMILES string of the molecule is COc1ccc(C)cc1NC(=O)[C@@H](OC(=O)c1ccc(F)cc1Cl)c1ccccc1. The van der Waals surface area contributed by atoms with Crippen LogP contribution in [0.2, 0.25) is 5.02 Å². The summed E-state index contributed by atoms with van der Waals surface area (Å²) in [6.45, 7) is 1.88. The van der Waals surface area contributed by atoms with Crippen LogP contribution in [0, 0.1) is 12.7 Å². The van der Waals surface area contributed by atoms with Gasteiger partial charge in [0.2, 0.25) is 6.10 Å². The van der Waals surface area contributed by atoms with Crippen LogP contribution in [0.1, 0.15) is 27.6 Å². The Morgan fingerprint density at radius 2 is 1.77 bits per heavy atom. The van der Waals surface area contributed by atoms with Crippen LogP contribution in [-0.2, 0) is 9.53 Å². The Bertz CT molecular complexity index is 1070. The highest BCUT2D eigenvalue weighted by Gasteiger charge is 2.27. The van der Waals surface area contributed by atoms with Crippen LogP contribution in [0.3, 0.4) is 0 Å². The Labute approximate surface area is 178 Å². The van der Waals surface area contributed by atoms with Crippen molar-refractivity contribution < 1.29 is 23.5 Å². The van der Waals surface area contributed by atoms with Gasteiger partial charge in [-0.05, 0) is 42.8 Å². The summed E-state index contributed by atoms with van der Waals surface area (Å²) in [5.74, 6) is -1.54. The molecule has 154 valence electrons. The molecular formula is C23H19ClFNO4. The molecule has 30 heavy (non-hydrogen) atoms. The zero-order valence-electron chi connectivity index (χ0n) is 16.3. The van der Waals surface area contributed by atoms with E-state index in [0.717, 1.165) is 17.7 Å². The first-order chi connectivity index (χ1) is 14.4. The van der Waals surface area contributed by atoms with E-state index >= 15 is 0 Å². The van der Waals surface area contributed by atoms with Crippen molar-refractivity contribution in [2.45, 2.75) is 13.0 Å². The van der Waals surface area contributed by atoms with Gasteiger partial charge >= 0.3 is 5.97 Å². The standard InChI is InChI=1S/C23H19ClFNO4/c1-14-8-11-20(29-2)19(12-14)26-22(27)21(15-6-4-3-5-7-15)30-23(28)17-10-9-16(25)13-18(17)24/h3-13,21H,1-2H3,(H,26,27)/t21-/m0/s1. The molecule has 0 fully saturated rings. The average molecular weight is 428 g/mol. The van der Waals surface area contributed by atoms with Gasteiger partial charge < -0.3 is 14.8 Å². The van der Waals surface area contributed by atoms with Gasteiger partial charge in [0.25, 0.3) is 5.91 Å². The fourth-order valence-corrected chi connectivity index (χ4v) is 3.09. The van der Waals surface area contributed by atoms with E-state index in [9.17, 15) is 14.0 Å². The molecule has 0 heterocycles. The third-order valence-corrected chi connectivity index (χ3v) is 4.64. The molecule has 1 N–H and O–H groups in total. The number of anilines is 1. The number of esters is 1. The van der Waals surface area contributed by atoms with Crippen LogP contribution < -0.4 is 10.1 Å². The van der Waals surface area contributed by atoms with Crippen molar-refractivity contribution in [3.8, 4) is 5.75 Å². The number of hydrogen-bond donors (Lipinski definition) is 1. The van der Waals surface area contributed by atoms with Gasteiger partial charge in [0, 0.05) is 5.56 Å². The molecule has 0 aliphatic rings. The van der Waals surface area contributed by atoms with Crippen molar-refractivity contribution in [2.24, 2.45) is 0 Å². The highest BCUT2D eigenvalue weighted by molar-refractivity contribution is 6.33. The first kappa shape index (κ1) is 21.3. The number of aryl methyl sites for hydroxylation is 1. The zero-order valence-corrected chi connectivity index (χ0v) is 17.1. The van der Waals surface area contributed by atoms with Crippen molar-refractivity contribution in [1.29, 1.82) is 0 Å². The van der Waals surface area contributed by atoms with Crippen molar-refractivity contribution in [3.05, 3.63) is 94.3 Å². The van der Waals surface area contributed by atoms with E-state index in [1.807, 2.05) is 13.0 Å². The average Bonchev–Trinajstić information content (AvgIpc) is 2.72. The maximum atomic E-state index is 13.3. The lowest BCUT2D eigenvalue weighted by molar-refractivity contribution is -0.125. The number of ether oxygens (including phenoxy) is 2. The highest BCUT2D eigenvalue weighted by Crippen LogP contribution is 2.29. The summed E-state index contributed by atoms with van der Waals surface area (Å²) >= 11 is 5.96. The van der Waals surface area contributed by atoms with Gasteiger partial charge in [0.05, 0.1) is 23.4 Å². The summed E-state index contributed by atoms with van der Waals surface area (Å²) < 4.78 is 24.1. The smallest absolute Gasteiger partial charge is 0.340 e. The molecule has 0 radical (unpaired) electrons. The van der Waals surface area contributed by atoms with Crippen molar-refractivity contribution in [3.63, 3.8) is 0 Å². The molecule has 0 aliphatic heterocycles. The third-order valence-electron chi connectivity index (χ3n) is 4.33. The summed E-state index contributed by atoms with van der Waals surface area (Å²) in [5, 5.41) is 2.64. The minimum atomic E-state index is -1.26. The van der Waals surface area contributed by atoms with Gasteiger partial charge in [-0.1, -0.05) is 48.0 Å². The van der Waals surface area contributed by atoms with E-state index in [-0.39, 0.29) is 10.6 Å². The Balaban J connectivity index is 1.90. The number of nitrogens with one attached hydrogen (secondary N) is 1. The topological polar surface area (TPSA) is 64.6 Å². The lowest BCUT2D eigenvalue weighted by atomic mass is 10.1. The largest absolute Gasteiger partial charge is 0.495 e. The molecule has 0 bridgehead atoms. The fraction of sp³-hybridized carbons (Fsp3) is 0.130. The zero-order chi connectivity index (χ0) is 21.7. The Morgan fingerprint density at radius 3 is 2.43 bits per heavy atom. The second-order valence-corrected chi connectivity index (χ2v) is 6.92. The van der Waals surface area contributed by atoms with E-state index < -0.39 is 23.8 Å². The minimum absolute atomic E-state index is 0.0417. The van der Waals surface area contributed by atoms with E-state index in [0.29, 0.717) is 17.0 Å². The number of carbonyl (C=O) groups is 2. The molecule has 0 saturated heterocycles. The lowest BCUT2D eigenvalue weighted by Crippen LogP contribution is -2.26. The summed E-state index contributed by atoms with van der Waals surface area (Å²) in [7, 11) is 1.49.